The highest BCUT2D eigenvalue weighted by Gasteiger charge is 2.06. The van der Waals surface area contributed by atoms with Crippen molar-refractivity contribution in [3.8, 4) is 5.75 Å². The van der Waals surface area contributed by atoms with Gasteiger partial charge < -0.3 is 20.6 Å². The molecule has 0 unspecified atom stereocenters. The molecule has 0 spiro atoms. The Kier molecular flexibility index (Phi) is 5.38. The SMILES string of the molecule is COc1ccc(CN(C)CC/C(N)=N/O)cc1F. The number of nitrogens with two attached hydrogens (primary N) is 1. The number of halogens is 1. The summed E-state index contributed by atoms with van der Waals surface area (Å²) in [7, 11) is 3.31. The van der Waals surface area contributed by atoms with Crippen LogP contribution in [-0.4, -0.2) is 36.6 Å². The van der Waals surface area contributed by atoms with Crippen LogP contribution in [0.4, 0.5) is 4.39 Å². The molecule has 0 saturated heterocycles. The van der Waals surface area contributed by atoms with Gasteiger partial charge in [0.15, 0.2) is 11.6 Å². The number of oxime groups is 1. The fourth-order valence-corrected chi connectivity index (χ4v) is 1.55. The van der Waals surface area contributed by atoms with E-state index in [1.54, 1.807) is 6.07 Å². The van der Waals surface area contributed by atoms with Gasteiger partial charge in [0.2, 0.25) is 0 Å². The van der Waals surface area contributed by atoms with E-state index in [1.165, 1.54) is 13.2 Å². The normalized spacial score (nSPS) is 11.9. The van der Waals surface area contributed by atoms with Gasteiger partial charge in [-0.1, -0.05) is 11.2 Å². The summed E-state index contributed by atoms with van der Waals surface area (Å²) in [5.74, 6) is 0.0423. The van der Waals surface area contributed by atoms with Crippen molar-refractivity contribution in [1.82, 2.24) is 4.90 Å². The van der Waals surface area contributed by atoms with E-state index in [4.69, 9.17) is 15.7 Å². The third kappa shape index (κ3) is 4.21. The molecule has 1 aromatic carbocycles. The fourth-order valence-electron chi connectivity index (χ4n) is 1.55. The van der Waals surface area contributed by atoms with Gasteiger partial charge in [0.25, 0.3) is 0 Å². The van der Waals surface area contributed by atoms with Crippen LogP contribution < -0.4 is 10.5 Å². The molecular formula is C12H18FN3O2. The highest BCUT2D eigenvalue weighted by atomic mass is 19.1. The van der Waals surface area contributed by atoms with Crippen LogP contribution in [0.3, 0.4) is 0 Å². The minimum atomic E-state index is -0.375. The second-order valence-electron chi connectivity index (χ2n) is 4.05. The average molecular weight is 255 g/mol. The van der Waals surface area contributed by atoms with E-state index in [0.717, 1.165) is 5.56 Å². The van der Waals surface area contributed by atoms with E-state index < -0.39 is 0 Å². The maximum absolute atomic E-state index is 13.5. The Morgan fingerprint density at radius 3 is 2.83 bits per heavy atom. The first-order valence-electron chi connectivity index (χ1n) is 5.54. The lowest BCUT2D eigenvalue weighted by Gasteiger charge is -2.16. The standard InChI is InChI=1S/C12H18FN3O2/c1-16(6-5-12(14)15-17)8-9-3-4-11(18-2)10(13)7-9/h3-4,7,17H,5-6,8H2,1-2H3,(H2,14,15). The Morgan fingerprint density at radius 1 is 1.56 bits per heavy atom. The van der Waals surface area contributed by atoms with Crippen molar-refractivity contribution in [2.24, 2.45) is 10.9 Å². The lowest BCUT2D eigenvalue weighted by atomic mass is 10.2. The molecule has 0 atom stereocenters. The van der Waals surface area contributed by atoms with E-state index in [-0.39, 0.29) is 17.4 Å². The Bertz CT molecular complexity index is 424. The number of nitrogens with zero attached hydrogens (tertiary/aromatic N) is 2. The van der Waals surface area contributed by atoms with Gasteiger partial charge in [-0.2, -0.15) is 0 Å². The zero-order chi connectivity index (χ0) is 13.5. The molecule has 3 N–H and O–H groups in total. The van der Waals surface area contributed by atoms with Crippen LogP contribution in [0.1, 0.15) is 12.0 Å². The van der Waals surface area contributed by atoms with E-state index in [0.29, 0.717) is 19.5 Å². The van der Waals surface area contributed by atoms with Gasteiger partial charge in [0, 0.05) is 19.5 Å². The van der Waals surface area contributed by atoms with Crippen molar-refractivity contribution in [2.75, 3.05) is 20.7 Å². The van der Waals surface area contributed by atoms with Crippen molar-refractivity contribution >= 4 is 5.84 Å². The van der Waals surface area contributed by atoms with E-state index in [9.17, 15) is 4.39 Å². The number of benzene rings is 1. The summed E-state index contributed by atoms with van der Waals surface area (Å²) in [4.78, 5) is 1.96. The lowest BCUT2D eigenvalue weighted by Crippen LogP contribution is -2.24. The molecule has 0 aromatic heterocycles. The van der Waals surface area contributed by atoms with E-state index >= 15 is 0 Å². The second-order valence-corrected chi connectivity index (χ2v) is 4.05. The highest BCUT2D eigenvalue weighted by molar-refractivity contribution is 5.79. The third-order valence-corrected chi connectivity index (χ3v) is 2.55. The topological polar surface area (TPSA) is 71.1 Å². The molecule has 100 valence electrons. The largest absolute Gasteiger partial charge is 0.494 e. The summed E-state index contributed by atoms with van der Waals surface area (Å²) >= 11 is 0. The summed E-state index contributed by atoms with van der Waals surface area (Å²) in [5.41, 5.74) is 6.22. The quantitative estimate of drug-likeness (QED) is 0.349. The number of rotatable bonds is 6. The van der Waals surface area contributed by atoms with Crippen molar-refractivity contribution in [1.29, 1.82) is 0 Å². The summed E-state index contributed by atoms with van der Waals surface area (Å²) in [6, 6.07) is 4.85. The van der Waals surface area contributed by atoms with E-state index in [1.807, 2.05) is 18.0 Å². The van der Waals surface area contributed by atoms with Gasteiger partial charge in [-0.3, -0.25) is 0 Å². The fraction of sp³-hybridized carbons (Fsp3) is 0.417. The predicted octanol–water partition coefficient (Wildman–Crippen LogP) is 1.40. The molecule has 18 heavy (non-hydrogen) atoms. The zero-order valence-electron chi connectivity index (χ0n) is 10.6. The van der Waals surface area contributed by atoms with Crippen LogP contribution in [0.15, 0.2) is 23.4 Å². The first-order chi connectivity index (χ1) is 8.56. The first kappa shape index (κ1) is 14.2. The highest BCUT2D eigenvalue weighted by Crippen LogP contribution is 2.18. The maximum atomic E-state index is 13.5. The number of hydrogen-bond donors (Lipinski definition) is 2. The molecular weight excluding hydrogens is 237 g/mol. The number of amidine groups is 1. The molecule has 0 aliphatic carbocycles. The Balaban J connectivity index is 2.54. The molecule has 1 rings (SSSR count). The molecule has 0 fully saturated rings. The summed E-state index contributed by atoms with van der Waals surface area (Å²) in [6.45, 7) is 1.21. The van der Waals surface area contributed by atoms with Gasteiger partial charge in [0.1, 0.15) is 5.84 Å². The molecule has 0 aliphatic heterocycles. The van der Waals surface area contributed by atoms with E-state index in [2.05, 4.69) is 5.16 Å². The number of methoxy groups -OCH3 is 1. The summed E-state index contributed by atoms with van der Waals surface area (Å²) < 4.78 is 18.3. The van der Waals surface area contributed by atoms with Gasteiger partial charge in [-0.15, -0.1) is 0 Å². The Morgan fingerprint density at radius 2 is 2.28 bits per heavy atom. The van der Waals surface area contributed by atoms with Crippen molar-refractivity contribution in [3.63, 3.8) is 0 Å². The molecule has 0 aliphatic rings. The van der Waals surface area contributed by atoms with Crippen LogP contribution in [-0.2, 0) is 6.54 Å². The molecule has 0 saturated carbocycles. The van der Waals surface area contributed by atoms with Crippen LogP contribution in [0.5, 0.6) is 5.75 Å². The van der Waals surface area contributed by atoms with Crippen molar-refractivity contribution in [3.05, 3.63) is 29.6 Å². The van der Waals surface area contributed by atoms with Crippen LogP contribution in [0.2, 0.25) is 0 Å². The lowest BCUT2D eigenvalue weighted by molar-refractivity contribution is 0.309. The first-order valence-corrected chi connectivity index (χ1v) is 5.54. The molecule has 1 aromatic rings. The van der Waals surface area contributed by atoms with Gasteiger partial charge in [0.05, 0.1) is 7.11 Å². The molecule has 0 radical (unpaired) electrons. The molecule has 0 heterocycles. The van der Waals surface area contributed by atoms with Crippen LogP contribution >= 0.6 is 0 Å². The van der Waals surface area contributed by atoms with Crippen LogP contribution in [0, 0.1) is 5.82 Å². The maximum Gasteiger partial charge on any atom is 0.165 e. The zero-order valence-corrected chi connectivity index (χ0v) is 10.6. The Labute approximate surface area is 106 Å². The van der Waals surface area contributed by atoms with Gasteiger partial charge in [-0.25, -0.2) is 4.39 Å². The number of hydrogen-bond acceptors (Lipinski definition) is 4. The number of ether oxygens (including phenoxy) is 1. The van der Waals surface area contributed by atoms with Crippen molar-refractivity contribution in [2.45, 2.75) is 13.0 Å². The Hall–Kier alpha value is -1.82. The third-order valence-electron chi connectivity index (χ3n) is 2.55. The summed E-state index contributed by atoms with van der Waals surface area (Å²) in [6.07, 6.45) is 0.464. The van der Waals surface area contributed by atoms with Gasteiger partial charge >= 0.3 is 0 Å². The predicted molar refractivity (Wildman–Crippen MR) is 67.3 cm³/mol. The summed E-state index contributed by atoms with van der Waals surface area (Å²) in [5, 5.41) is 11.3. The average Bonchev–Trinajstić information content (AvgIpc) is 2.36. The van der Waals surface area contributed by atoms with Crippen LogP contribution in [0.25, 0.3) is 0 Å². The molecule has 0 amide bonds. The van der Waals surface area contributed by atoms with Crippen molar-refractivity contribution < 1.29 is 14.3 Å². The monoisotopic (exact) mass is 255 g/mol. The second kappa shape index (κ2) is 6.80. The van der Waals surface area contributed by atoms with Gasteiger partial charge in [-0.05, 0) is 24.7 Å². The minimum Gasteiger partial charge on any atom is -0.494 e. The molecule has 0 bridgehead atoms. The molecule has 5 nitrogen and oxygen atoms in total. The smallest absolute Gasteiger partial charge is 0.165 e. The minimum absolute atomic E-state index is 0.183. The molecule has 6 heteroatoms.